The Kier molecular flexibility index (Phi) is 6.31. The van der Waals surface area contributed by atoms with Crippen molar-refractivity contribution in [1.29, 1.82) is 0 Å². The van der Waals surface area contributed by atoms with Gasteiger partial charge in [0.1, 0.15) is 5.75 Å². The van der Waals surface area contributed by atoms with E-state index in [2.05, 4.69) is 0 Å². The molecule has 4 rings (SSSR count). The van der Waals surface area contributed by atoms with Gasteiger partial charge in [-0.1, -0.05) is 30.3 Å². The predicted octanol–water partition coefficient (Wildman–Crippen LogP) is 4.40. The first kappa shape index (κ1) is 22.0. The minimum absolute atomic E-state index is 0.00289. The Morgan fingerprint density at radius 2 is 1.64 bits per heavy atom. The van der Waals surface area contributed by atoms with E-state index in [1.165, 1.54) is 14.2 Å². The van der Waals surface area contributed by atoms with E-state index in [1.54, 1.807) is 36.4 Å². The van der Waals surface area contributed by atoms with E-state index in [0.29, 0.717) is 28.6 Å². The Labute approximate surface area is 190 Å². The number of carbonyl (C=O) groups is 2. The number of hydrogen-bond donors (Lipinski definition) is 1. The topological polar surface area (TPSA) is 91.3 Å². The van der Waals surface area contributed by atoms with Gasteiger partial charge in [0.25, 0.3) is 0 Å². The minimum Gasteiger partial charge on any atom is -0.497 e. The number of ether oxygens (including phenoxy) is 4. The lowest BCUT2D eigenvalue weighted by molar-refractivity contribution is -0.130. The molecule has 7 nitrogen and oxygen atoms in total. The molecule has 1 aliphatic rings. The van der Waals surface area contributed by atoms with E-state index in [-0.39, 0.29) is 29.9 Å². The second-order valence-corrected chi connectivity index (χ2v) is 7.29. The summed E-state index contributed by atoms with van der Waals surface area (Å²) in [5.74, 6) is 0.0594. The lowest BCUT2D eigenvalue weighted by Crippen LogP contribution is -2.14. The van der Waals surface area contributed by atoms with Crippen LogP contribution in [0.4, 0.5) is 0 Å². The van der Waals surface area contributed by atoms with Crippen LogP contribution in [0.15, 0.2) is 72.3 Å². The van der Waals surface area contributed by atoms with Crippen molar-refractivity contribution in [1.82, 2.24) is 0 Å². The van der Waals surface area contributed by atoms with Gasteiger partial charge in [-0.05, 0) is 47.5 Å². The molecule has 0 atom stereocenters. The highest BCUT2D eigenvalue weighted by molar-refractivity contribution is 6.26. The number of allylic oxidation sites excluding steroid dienone is 1. The molecule has 3 aromatic carbocycles. The fourth-order valence-corrected chi connectivity index (χ4v) is 3.70. The summed E-state index contributed by atoms with van der Waals surface area (Å²) in [6.07, 6.45) is 0.129. The van der Waals surface area contributed by atoms with Gasteiger partial charge >= 0.3 is 5.97 Å². The van der Waals surface area contributed by atoms with Gasteiger partial charge < -0.3 is 24.1 Å². The number of carbonyl (C=O) groups excluding carboxylic acids is 1. The van der Waals surface area contributed by atoms with E-state index in [9.17, 15) is 14.7 Å². The zero-order valence-electron chi connectivity index (χ0n) is 18.2. The molecule has 0 unspecified atom stereocenters. The van der Waals surface area contributed by atoms with E-state index in [1.807, 2.05) is 30.3 Å². The molecule has 7 heteroatoms. The quantitative estimate of drug-likeness (QED) is 0.405. The molecular formula is C26H22O7. The lowest BCUT2D eigenvalue weighted by atomic mass is 9.89. The maximum absolute atomic E-state index is 13.6. The van der Waals surface area contributed by atoms with Crippen molar-refractivity contribution in [2.45, 2.75) is 6.42 Å². The van der Waals surface area contributed by atoms with Crippen LogP contribution in [0.5, 0.6) is 23.0 Å². The molecule has 0 saturated carbocycles. The van der Waals surface area contributed by atoms with E-state index in [4.69, 9.17) is 18.9 Å². The number of methoxy groups -OCH3 is 2. The summed E-state index contributed by atoms with van der Waals surface area (Å²) in [5.41, 5.74) is 1.46. The van der Waals surface area contributed by atoms with Crippen LogP contribution in [0.2, 0.25) is 0 Å². The number of aliphatic carboxylic acids is 1. The standard InChI is InChI=1S/C26H22O7/c1-30-19-10-8-17(9-11-19)24(27)20(12-16-6-4-3-5-7-16)23(26(28)29)18-13-21(31-2)25-22(14-18)32-15-33-25/h3-11,13-14H,12,15H2,1-2H3,(H,28,29)/b23-20+. The molecule has 0 aromatic heterocycles. The van der Waals surface area contributed by atoms with Gasteiger partial charge in [0, 0.05) is 17.6 Å². The number of benzene rings is 3. The van der Waals surface area contributed by atoms with Crippen molar-refractivity contribution in [3.63, 3.8) is 0 Å². The summed E-state index contributed by atoms with van der Waals surface area (Å²) in [4.78, 5) is 26.1. The fraction of sp³-hybridized carbons (Fsp3) is 0.154. The van der Waals surface area contributed by atoms with Crippen molar-refractivity contribution >= 4 is 17.3 Å². The van der Waals surface area contributed by atoms with Crippen LogP contribution in [-0.2, 0) is 11.2 Å². The van der Waals surface area contributed by atoms with Gasteiger partial charge in [0.15, 0.2) is 17.3 Å². The average Bonchev–Trinajstić information content (AvgIpc) is 3.32. The zero-order chi connectivity index (χ0) is 23.4. The SMILES string of the molecule is COc1ccc(C(=O)/C(Cc2ccccc2)=C(/C(=O)O)c2cc(OC)c3c(c2)OCO3)cc1. The van der Waals surface area contributed by atoms with Crippen molar-refractivity contribution in [2.75, 3.05) is 21.0 Å². The van der Waals surface area contributed by atoms with Gasteiger partial charge in [-0.15, -0.1) is 0 Å². The molecule has 0 fully saturated rings. The van der Waals surface area contributed by atoms with Crippen molar-refractivity contribution in [3.05, 3.63) is 89.0 Å². The Morgan fingerprint density at radius 3 is 2.27 bits per heavy atom. The Morgan fingerprint density at radius 1 is 0.909 bits per heavy atom. The monoisotopic (exact) mass is 446 g/mol. The third kappa shape index (κ3) is 4.52. The van der Waals surface area contributed by atoms with Crippen LogP contribution in [-0.4, -0.2) is 37.9 Å². The predicted molar refractivity (Wildman–Crippen MR) is 121 cm³/mol. The van der Waals surface area contributed by atoms with Crippen LogP contribution >= 0.6 is 0 Å². The second kappa shape index (κ2) is 9.48. The highest BCUT2D eigenvalue weighted by atomic mass is 16.7. The van der Waals surface area contributed by atoms with Crippen LogP contribution in [0, 0.1) is 0 Å². The summed E-state index contributed by atoms with van der Waals surface area (Å²) in [6.45, 7) is 0.00289. The summed E-state index contributed by atoms with van der Waals surface area (Å²) in [6, 6.07) is 18.9. The van der Waals surface area contributed by atoms with Crippen molar-refractivity contribution < 1.29 is 33.6 Å². The van der Waals surface area contributed by atoms with E-state index >= 15 is 0 Å². The minimum atomic E-state index is -1.23. The number of carboxylic acids is 1. The molecular weight excluding hydrogens is 424 g/mol. The summed E-state index contributed by atoms with van der Waals surface area (Å²) >= 11 is 0. The Bertz CT molecular complexity index is 1210. The van der Waals surface area contributed by atoms with Crippen LogP contribution in [0.25, 0.3) is 5.57 Å². The highest BCUT2D eigenvalue weighted by Crippen LogP contribution is 2.44. The molecule has 0 aliphatic carbocycles. The van der Waals surface area contributed by atoms with Gasteiger partial charge in [-0.3, -0.25) is 4.79 Å². The molecule has 0 amide bonds. The third-order valence-corrected chi connectivity index (χ3v) is 5.31. The molecule has 33 heavy (non-hydrogen) atoms. The fourth-order valence-electron chi connectivity index (χ4n) is 3.70. The van der Waals surface area contributed by atoms with Crippen LogP contribution in [0.1, 0.15) is 21.5 Å². The van der Waals surface area contributed by atoms with Crippen molar-refractivity contribution in [2.24, 2.45) is 0 Å². The number of rotatable bonds is 8. The maximum atomic E-state index is 13.6. The highest BCUT2D eigenvalue weighted by Gasteiger charge is 2.28. The van der Waals surface area contributed by atoms with Gasteiger partial charge in [0.2, 0.25) is 12.5 Å². The number of hydrogen-bond acceptors (Lipinski definition) is 6. The van der Waals surface area contributed by atoms with E-state index in [0.717, 1.165) is 5.56 Å². The molecule has 3 aromatic rings. The Balaban J connectivity index is 1.90. The molecule has 0 spiro atoms. The number of ketones is 1. The molecule has 0 radical (unpaired) electrons. The smallest absolute Gasteiger partial charge is 0.336 e. The van der Waals surface area contributed by atoms with Gasteiger partial charge in [0.05, 0.1) is 19.8 Å². The second-order valence-electron chi connectivity index (χ2n) is 7.29. The van der Waals surface area contributed by atoms with Crippen LogP contribution in [0.3, 0.4) is 0 Å². The lowest BCUT2D eigenvalue weighted by Gasteiger charge is -2.15. The van der Waals surface area contributed by atoms with E-state index < -0.39 is 11.8 Å². The maximum Gasteiger partial charge on any atom is 0.336 e. The first-order chi connectivity index (χ1) is 16.0. The molecule has 1 aliphatic heterocycles. The van der Waals surface area contributed by atoms with Gasteiger partial charge in [-0.2, -0.15) is 0 Å². The number of fused-ring (bicyclic) bond motifs is 1. The van der Waals surface area contributed by atoms with Crippen LogP contribution < -0.4 is 18.9 Å². The largest absolute Gasteiger partial charge is 0.497 e. The molecule has 1 N–H and O–H groups in total. The molecule has 0 bridgehead atoms. The number of Topliss-reactive ketones (excluding diaryl/α,β-unsaturated/α-hetero) is 1. The third-order valence-electron chi connectivity index (χ3n) is 5.31. The normalized spacial score (nSPS) is 12.7. The Hall–Kier alpha value is -4.26. The number of carboxylic acid groups (broad SMARTS) is 1. The van der Waals surface area contributed by atoms with Gasteiger partial charge in [-0.25, -0.2) is 4.79 Å². The molecule has 0 saturated heterocycles. The average molecular weight is 446 g/mol. The molecule has 1 heterocycles. The summed E-state index contributed by atoms with van der Waals surface area (Å²) in [7, 11) is 2.99. The zero-order valence-corrected chi connectivity index (χ0v) is 18.2. The summed E-state index contributed by atoms with van der Waals surface area (Å²) in [5, 5.41) is 10.2. The van der Waals surface area contributed by atoms with Crippen molar-refractivity contribution in [3.8, 4) is 23.0 Å². The first-order valence-electron chi connectivity index (χ1n) is 10.2. The first-order valence-corrected chi connectivity index (χ1v) is 10.2. The summed E-state index contributed by atoms with van der Waals surface area (Å²) < 4.78 is 21.4. The molecule has 168 valence electrons.